The lowest BCUT2D eigenvalue weighted by Crippen LogP contribution is -2.41. The molecule has 0 radical (unpaired) electrons. The summed E-state index contributed by atoms with van der Waals surface area (Å²) in [5, 5.41) is 0. The molecule has 3 rings (SSSR count). The van der Waals surface area contributed by atoms with E-state index in [1.165, 1.54) is 16.7 Å². The summed E-state index contributed by atoms with van der Waals surface area (Å²) in [5.41, 5.74) is 4.92. The molecule has 24 heavy (non-hydrogen) atoms. The van der Waals surface area contributed by atoms with Gasteiger partial charge in [0.15, 0.2) is 0 Å². The molecule has 2 saturated heterocycles. The quantitative estimate of drug-likeness (QED) is 0.619. The van der Waals surface area contributed by atoms with Gasteiger partial charge in [0.2, 0.25) is 0 Å². The number of hydrogen-bond donors (Lipinski definition) is 0. The van der Waals surface area contributed by atoms with E-state index in [4.69, 9.17) is 21.7 Å². The van der Waals surface area contributed by atoms with E-state index in [0.717, 1.165) is 63.2 Å². The molecule has 5 heteroatoms. The smallest absolute Gasteiger partial charge is 0.111 e. The highest BCUT2D eigenvalue weighted by Crippen LogP contribution is 2.25. The van der Waals surface area contributed by atoms with Gasteiger partial charge in [0.1, 0.15) is 4.99 Å². The van der Waals surface area contributed by atoms with Crippen molar-refractivity contribution < 1.29 is 9.47 Å². The first-order valence-corrected chi connectivity index (χ1v) is 9.04. The van der Waals surface area contributed by atoms with Crippen molar-refractivity contribution in [2.24, 2.45) is 0 Å². The molecule has 0 bridgehead atoms. The molecule has 0 amide bonds. The maximum atomic E-state index is 5.88. The van der Waals surface area contributed by atoms with E-state index in [1.54, 1.807) is 0 Å². The monoisotopic (exact) mass is 346 g/mol. The predicted octanol–water partition coefficient (Wildman–Crippen LogP) is 2.64. The van der Waals surface area contributed by atoms with Gasteiger partial charge in [-0.25, -0.2) is 0 Å². The predicted molar refractivity (Wildman–Crippen MR) is 101 cm³/mol. The van der Waals surface area contributed by atoms with Crippen molar-refractivity contribution in [3.8, 4) is 0 Å². The molecule has 0 saturated carbocycles. The first-order valence-electron chi connectivity index (χ1n) is 8.63. The van der Waals surface area contributed by atoms with Gasteiger partial charge in [0.25, 0.3) is 0 Å². The fraction of sp³-hybridized carbons (Fsp3) is 0.526. The number of morpholine rings is 2. The molecule has 2 aliphatic rings. The van der Waals surface area contributed by atoms with Gasteiger partial charge in [-0.2, -0.15) is 0 Å². The van der Waals surface area contributed by atoms with E-state index in [1.807, 2.05) is 0 Å². The minimum absolute atomic E-state index is 0.748. The average Bonchev–Trinajstić information content (AvgIpc) is 2.61. The van der Waals surface area contributed by atoms with E-state index in [2.05, 4.69) is 48.0 Å². The summed E-state index contributed by atoms with van der Waals surface area (Å²) in [4.78, 5) is 5.52. The fourth-order valence-electron chi connectivity index (χ4n) is 3.18. The molecule has 0 N–H and O–H groups in total. The van der Waals surface area contributed by atoms with Gasteiger partial charge < -0.3 is 19.3 Å². The third kappa shape index (κ3) is 4.15. The van der Waals surface area contributed by atoms with E-state index in [-0.39, 0.29) is 0 Å². The van der Waals surface area contributed by atoms with Crippen molar-refractivity contribution in [1.29, 1.82) is 0 Å². The third-order valence-electron chi connectivity index (χ3n) is 4.56. The zero-order valence-electron chi connectivity index (χ0n) is 14.6. The normalized spacial score (nSPS) is 19.5. The van der Waals surface area contributed by atoms with Crippen LogP contribution in [0.3, 0.4) is 0 Å². The second-order valence-electron chi connectivity index (χ2n) is 6.41. The highest BCUT2D eigenvalue weighted by molar-refractivity contribution is 7.81. The molecule has 0 aliphatic carbocycles. The number of hydrogen-bond acceptors (Lipinski definition) is 4. The van der Waals surface area contributed by atoms with E-state index >= 15 is 0 Å². The number of nitrogens with zero attached hydrogens (tertiary/aromatic N) is 2. The Balaban J connectivity index is 1.93. The number of ether oxygens (including phenoxy) is 2. The largest absolute Gasteiger partial charge is 0.378 e. The second-order valence-corrected chi connectivity index (χ2v) is 6.80. The zero-order valence-corrected chi connectivity index (χ0v) is 15.4. The molecule has 4 nitrogen and oxygen atoms in total. The molecule has 2 fully saturated rings. The van der Waals surface area contributed by atoms with E-state index in [9.17, 15) is 0 Å². The van der Waals surface area contributed by atoms with Gasteiger partial charge >= 0.3 is 0 Å². The summed E-state index contributed by atoms with van der Waals surface area (Å²) < 4.78 is 10.9. The zero-order chi connectivity index (χ0) is 16.9. The van der Waals surface area contributed by atoms with Crippen LogP contribution in [0.4, 0.5) is 0 Å². The first kappa shape index (κ1) is 17.4. The number of rotatable bonds is 3. The lowest BCUT2D eigenvalue weighted by molar-refractivity contribution is 0.0595. The summed E-state index contributed by atoms with van der Waals surface area (Å²) >= 11 is 5.88. The van der Waals surface area contributed by atoms with Crippen molar-refractivity contribution in [2.45, 2.75) is 13.8 Å². The molecule has 0 unspecified atom stereocenters. The molecule has 0 aromatic heterocycles. The molecular weight excluding hydrogens is 320 g/mol. The molecule has 1 aromatic carbocycles. The first-order chi connectivity index (χ1) is 11.6. The van der Waals surface area contributed by atoms with E-state index in [0.29, 0.717) is 0 Å². The molecular formula is C19H26N2O2S. The Kier molecular flexibility index (Phi) is 5.87. The summed E-state index contributed by atoms with van der Waals surface area (Å²) in [6.07, 6.45) is 2.23. The summed E-state index contributed by atoms with van der Waals surface area (Å²) in [6.45, 7) is 10.9. The topological polar surface area (TPSA) is 24.9 Å². The molecule has 2 aliphatic heterocycles. The Hall–Kier alpha value is -1.43. The van der Waals surface area contributed by atoms with Crippen LogP contribution in [0, 0.1) is 13.8 Å². The minimum Gasteiger partial charge on any atom is -0.378 e. The molecule has 0 atom stereocenters. The molecule has 2 heterocycles. The maximum Gasteiger partial charge on any atom is 0.111 e. The Morgan fingerprint density at radius 1 is 1.00 bits per heavy atom. The standard InChI is InChI=1S/C19H26N2O2S/c1-15-3-4-17(16(2)13-15)18(14-20-5-9-22-10-6-20)19(24)21-7-11-23-12-8-21/h3-4,13-14H,5-12H2,1-2H3/b18-14+. The Bertz CT molecular complexity index is 618. The van der Waals surface area contributed by atoms with Crippen molar-refractivity contribution >= 4 is 22.8 Å². The van der Waals surface area contributed by atoms with Crippen LogP contribution in [0.1, 0.15) is 16.7 Å². The summed E-state index contributed by atoms with van der Waals surface area (Å²) in [5.74, 6) is 0. The van der Waals surface area contributed by atoms with Crippen LogP contribution in [0.25, 0.3) is 5.57 Å². The second kappa shape index (κ2) is 8.10. The van der Waals surface area contributed by atoms with E-state index < -0.39 is 0 Å². The van der Waals surface area contributed by atoms with Gasteiger partial charge in [-0.3, -0.25) is 0 Å². The van der Waals surface area contributed by atoms with Crippen molar-refractivity contribution in [1.82, 2.24) is 9.80 Å². The van der Waals surface area contributed by atoms with Crippen LogP contribution in [0.2, 0.25) is 0 Å². The number of benzene rings is 1. The number of thiocarbonyl (C=S) groups is 1. The van der Waals surface area contributed by atoms with Crippen LogP contribution >= 0.6 is 12.2 Å². The van der Waals surface area contributed by atoms with Crippen molar-refractivity contribution in [3.05, 3.63) is 41.1 Å². The fourth-order valence-corrected chi connectivity index (χ4v) is 3.53. The van der Waals surface area contributed by atoms with Crippen LogP contribution < -0.4 is 0 Å². The minimum atomic E-state index is 0.748. The Morgan fingerprint density at radius 3 is 2.25 bits per heavy atom. The van der Waals surface area contributed by atoms with Crippen LogP contribution in [-0.2, 0) is 9.47 Å². The van der Waals surface area contributed by atoms with Gasteiger partial charge in [-0.15, -0.1) is 0 Å². The van der Waals surface area contributed by atoms with Gasteiger partial charge in [-0.05, 0) is 25.0 Å². The molecule has 1 aromatic rings. The van der Waals surface area contributed by atoms with Gasteiger partial charge in [-0.1, -0.05) is 36.0 Å². The van der Waals surface area contributed by atoms with Gasteiger partial charge in [0.05, 0.1) is 26.4 Å². The van der Waals surface area contributed by atoms with Gasteiger partial charge in [0, 0.05) is 38.0 Å². The van der Waals surface area contributed by atoms with Crippen molar-refractivity contribution in [3.63, 3.8) is 0 Å². The SMILES string of the molecule is Cc1ccc(/C(=C\N2CCOCC2)C(=S)N2CCOCC2)c(C)c1. The lowest BCUT2D eigenvalue weighted by Gasteiger charge is -2.32. The Labute approximate surface area is 150 Å². The highest BCUT2D eigenvalue weighted by atomic mass is 32.1. The lowest BCUT2D eigenvalue weighted by atomic mass is 9.98. The summed E-state index contributed by atoms with van der Waals surface area (Å²) in [6, 6.07) is 6.59. The highest BCUT2D eigenvalue weighted by Gasteiger charge is 2.21. The van der Waals surface area contributed by atoms with Crippen LogP contribution in [0.15, 0.2) is 24.4 Å². The molecule has 130 valence electrons. The van der Waals surface area contributed by atoms with Crippen molar-refractivity contribution in [2.75, 3.05) is 52.6 Å². The van der Waals surface area contributed by atoms with Crippen LogP contribution in [0.5, 0.6) is 0 Å². The Morgan fingerprint density at radius 2 is 1.62 bits per heavy atom. The number of aryl methyl sites for hydroxylation is 2. The average molecular weight is 346 g/mol. The summed E-state index contributed by atoms with van der Waals surface area (Å²) in [7, 11) is 0. The maximum absolute atomic E-state index is 5.88. The molecule has 0 spiro atoms. The van der Waals surface area contributed by atoms with Crippen LogP contribution in [-0.4, -0.2) is 67.4 Å². The third-order valence-corrected chi connectivity index (χ3v) is 5.04.